The van der Waals surface area contributed by atoms with Crippen LogP contribution in [-0.2, 0) is 0 Å². The van der Waals surface area contributed by atoms with Gasteiger partial charge in [-0.25, -0.2) is 4.79 Å². The predicted molar refractivity (Wildman–Crippen MR) is 71.6 cm³/mol. The number of benzene rings is 1. The molecule has 1 aromatic carbocycles. The number of hydrogen-bond donors (Lipinski definition) is 3. The molecule has 0 bridgehead atoms. The third kappa shape index (κ3) is 9.30. The van der Waals surface area contributed by atoms with Gasteiger partial charge in [-0.3, -0.25) is 5.32 Å². The number of amides is 1. The van der Waals surface area contributed by atoms with Gasteiger partial charge >= 0.3 is 6.09 Å². The molecular formula is C11H12INO3. The lowest BCUT2D eigenvalue weighted by atomic mass is 10.3. The second-order valence-electron chi connectivity index (χ2n) is 2.71. The smallest absolute Gasteiger partial charge is 0.409 e. The maximum absolute atomic E-state index is 10.1. The van der Waals surface area contributed by atoms with Crippen molar-refractivity contribution < 1.29 is 15.0 Å². The maximum Gasteiger partial charge on any atom is 0.409 e. The Morgan fingerprint density at radius 3 is 2.31 bits per heavy atom. The molecular weight excluding hydrogens is 321 g/mol. The van der Waals surface area contributed by atoms with E-state index in [1.54, 1.807) is 31.2 Å². The lowest BCUT2D eigenvalue weighted by Gasteiger charge is -1.96. The summed E-state index contributed by atoms with van der Waals surface area (Å²) in [4.78, 5) is 10.1. The van der Waals surface area contributed by atoms with Crippen LogP contribution in [0.3, 0.4) is 0 Å². The number of hydrogen-bond acceptors (Lipinski definition) is 2. The molecule has 1 rings (SSSR count). The van der Waals surface area contributed by atoms with E-state index >= 15 is 0 Å². The summed E-state index contributed by atoms with van der Waals surface area (Å²) in [7, 11) is 0. The zero-order valence-corrected chi connectivity index (χ0v) is 10.8. The molecule has 1 unspecified atom stereocenters. The van der Waals surface area contributed by atoms with Gasteiger partial charge in [0.15, 0.2) is 0 Å². The lowest BCUT2D eigenvalue weighted by molar-refractivity contribution is 0.209. The normalized spacial score (nSPS) is 9.94. The number of aliphatic hydroxyl groups excluding tert-OH is 1. The van der Waals surface area contributed by atoms with Crippen molar-refractivity contribution >= 4 is 34.4 Å². The van der Waals surface area contributed by atoms with E-state index in [4.69, 9.17) is 10.2 Å². The minimum atomic E-state index is -1.04. The fourth-order valence-corrected chi connectivity index (χ4v) is 1.17. The number of anilines is 1. The van der Waals surface area contributed by atoms with Gasteiger partial charge < -0.3 is 10.2 Å². The lowest BCUT2D eigenvalue weighted by Crippen LogP contribution is -2.06. The van der Waals surface area contributed by atoms with Crippen molar-refractivity contribution in [1.82, 2.24) is 0 Å². The Morgan fingerprint density at radius 2 is 2.00 bits per heavy atom. The molecule has 16 heavy (non-hydrogen) atoms. The molecule has 5 heteroatoms. The van der Waals surface area contributed by atoms with Crippen molar-refractivity contribution in [2.75, 3.05) is 5.32 Å². The van der Waals surface area contributed by atoms with Gasteiger partial charge in [0.1, 0.15) is 6.10 Å². The number of nitrogens with one attached hydrogen (secondary N) is 1. The second-order valence-corrected chi connectivity index (χ2v) is 3.25. The highest BCUT2D eigenvalue weighted by Crippen LogP contribution is 2.03. The van der Waals surface area contributed by atoms with E-state index in [1.807, 2.05) is 28.7 Å². The SMILES string of the molecule is CC(O)C#CI.O=C(O)Nc1ccccc1. The van der Waals surface area contributed by atoms with Crippen LogP contribution >= 0.6 is 22.6 Å². The van der Waals surface area contributed by atoms with Crippen LogP contribution in [0.2, 0.25) is 0 Å². The molecule has 0 saturated heterocycles. The first-order chi connectivity index (χ1) is 7.56. The van der Waals surface area contributed by atoms with Crippen molar-refractivity contribution in [3.05, 3.63) is 30.3 Å². The summed E-state index contributed by atoms with van der Waals surface area (Å²) >= 11 is 1.88. The Bertz CT molecular complexity index is 368. The van der Waals surface area contributed by atoms with E-state index in [0.717, 1.165) is 0 Å². The molecule has 4 nitrogen and oxygen atoms in total. The van der Waals surface area contributed by atoms with Crippen LogP contribution in [0.15, 0.2) is 30.3 Å². The Morgan fingerprint density at radius 1 is 1.44 bits per heavy atom. The highest BCUT2D eigenvalue weighted by molar-refractivity contribution is 14.1. The first kappa shape index (κ1) is 14.7. The standard InChI is InChI=1S/C7H7NO2.C4H5IO/c9-7(10)8-6-4-2-1-3-5-6;1-4(6)2-3-5/h1-5,8H,(H,9,10);4,6H,1H3. The molecule has 1 atom stereocenters. The first-order valence-corrected chi connectivity index (χ1v) is 5.48. The molecule has 0 aliphatic rings. The zero-order chi connectivity index (χ0) is 12.4. The molecule has 0 heterocycles. The molecule has 0 aliphatic carbocycles. The molecule has 86 valence electrons. The largest absolute Gasteiger partial charge is 0.465 e. The molecule has 0 fully saturated rings. The zero-order valence-electron chi connectivity index (χ0n) is 8.64. The average molecular weight is 333 g/mol. The van der Waals surface area contributed by atoms with Gasteiger partial charge in [-0.05, 0) is 23.0 Å². The van der Waals surface area contributed by atoms with E-state index in [9.17, 15) is 4.79 Å². The average Bonchev–Trinajstić information content (AvgIpc) is 2.18. The first-order valence-electron chi connectivity index (χ1n) is 4.40. The fourth-order valence-electron chi connectivity index (χ4n) is 0.724. The summed E-state index contributed by atoms with van der Waals surface area (Å²) in [5.74, 6) is 2.50. The van der Waals surface area contributed by atoms with E-state index < -0.39 is 12.2 Å². The fraction of sp³-hybridized carbons (Fsp3) is 0.182. The Kier molecular flexibility index (Phi) is 8.29. The van der Waals surface area contributed by atoms with Gasteiger partial charge in [-0.1, -0.05) is 24.1 Å². The molecule has 0 radical (unpaired) electrons. The number of carbonyl (C=O) groups is 1. The summed E-state index contributed by atoms with van der Waals surface area (Å²) in [5, 5.41) is 18.9. The van der Waals surface area contributed by atoms with Crippen LogP contribution in [-0.4, -0.2) is 22.4 Å². The molecule has 0 spiro atoms. The monoisotopic (exact) mass is 333 g/mol. The Balaban J connectivity index is 0.000000325. The third-order valence-electron chi connectivity index (χ3n) is 1.29. The molecule has 0 aromatic heterocycles. The third-order valence-corrected chi connectivity index (χ3v) is 1.60. The molecule has 0 aliphatic heterocycles. The van der Waals surface area contributed by atoms with Crippen LogP contribution in [0.5, 0.6) is 0 Å². The summed E-state index contributed by atoms with van der Waals surface area (Å²) in [6.07, 6.45) is -1.51. The van der Waals surface area contributed by atoms with Crippen molar-refractivity contribution in [2.45, 2.75) is 13.0 Å². The quantitative estimate of drug-likeness (QED) is 0.546. The van der Waals surface area contributed by atoms with Crippen molar-refractivity contribution in [2.24, 2.45) is 0 Å². The van der Waals surface area contributed by atoms with Crippen LogP contribution in [0.25, 0.3) is 0 Å². The Hall–Kier alpha value is -1.26. The van der Waals surface area contributed by atoms with Crippen LogP contribution in [0.4, 0.5) is 10.5 Å². The second kappa shape index (κ2) is 9.00. The molecule has 3 N–H and O–H groups in total. The highest BCUT2D eigenvalue weighted by Gasteiger charge is 1.93. The summed E-state index contributed by atoms with van der Waals surface area (Å²) in [6.45, 7) is 1.63. The van der Waals surface area contributed by atoms with Gasteiger partial charge in [0.2, 0.25) is 0 Å². The van der Waals surface area contributed by atoms with Gasteiger partial charge in [0.25, 0.3) is 0 Å². The topological polar surface area (TPSA) is 69.6 Å². The summed E-state index contributed by atoms with van der Waals surface area (Å²) in [5.41, 5.74) is 0.593. The van der Waals surface area contributed by atoms with E-state index in [1.165, 1.54) is 0 Å². The number of rotatable bonds is 1. The van der Waals surface area contributed by atoms with E-state index in [2.05, 4.69) is 15.2 Å². The maximum atomic E-state index is 10.1. The Labute approximate surface area is 108 Å². The van der Waals surface area contributed by atoms with Crippen LogP contribution in [0.1, 0.15) is 6.92 Å². The van der Waals surface area contributed by atoms with Gasteiger partial charge in [-0.2, -0.15) is 0 Å². The van der Waals surface area contributed by atoms with Crippen molar-refractivity contribution in [3.8, 4) is 9.85 Å². The van der Waals surface area contributed by atoms with Gasteiger partial charge in [-0.15, -0.1) is 0 Å². The highest BCUT2D eigenvalue weighted by atomic mass is 127. The van der Waals surface area contributed by atoms with E-state index in [0.29, 0.717) is 5.69 Å². The van der Waals surface area contributed by atoms with Crippen molar-refractivity contribution in [1.29, 1.82) is 0 Å². The number of halogens is 1. The van der Waals surface area contributed by atoms with Crippen molar-refractivity contribution in [3.63, 3.8) is 0 Å². The van der Waals surface area contributed by atoms with Crippen LogP contribution < -0.4 is 5.32 Å². The van der Waals surface area contributed by atoms with Gasteiger partial charge in [0, 0.05) is 28.3 Å². The predicted octanol–water partition coefficient (Wildman–Crippen LogP) is 2.54. The summed E-state index contributed by atoms with van der Waals surface area (Å²) in [6, 6.07) is 8.74. The minimum Gasteiger partial charge on any atom is -0.465 e. The minimum absolute atomic E-state index is 0.470. The number of aliphatic hydroxyl groups is 1. The van der Waals surface area contributed by atoms with Gasteiger partial charge in [0.05, 0.1) is 0 Å². The molecule has 1 amide bonds. The summed E-state index contributed by atoms with van der Waals surface area (Å²) < 4.78 is 2.54. The number of carboxylic acid groups (broad SMARTS) is 1. The molecule has 1 aromatic rings. The van der Waals surface area contributed by atoms with Crippen LogP contribution in [0, 0.1) is 9.85 Å². The molecule has 0 saturated carbocycles. The number of para-hydroxylation sites is 1. The van der Waals surface area contributed by atoms with E-state index in [-0.39, 0.29) is 0 Å².